The van der Waals surface area contributed by atoms with Crippen molar-refractivity contribution in [3.05, 3.63) is 0 Å². The lowest BCUT2D eigenvalue weighted by Gasteiger charge is -2.29. The first-order valence-corrected chi connectivity index (χ1v) is 9.24. The molecule has 23 heavy (non-hydrogen) atoms. The largest absolute Gasteiger partial charge is 0.481 e. The molecule has 0 radical (unpaired) electrons. The summed E-state index contributed by atoms with van der Waals surface area (Å²) in [5.41, 5.74) is -1.21. The van der Waals surface area contributed by atoms with Gasteiger partial charge in [0, 0.05) is 0 Å². The summed E-state index contributed by atoms with van der Waals surface area (Å²) >= 11 is 0. The van der Waals surface area contributed by atoms with Crippen LogP contribution in [0, 0.1) is 10.8 Å². The molecule has 1 unspecified atom stereocenters. The molecule has 136 valence electrons. The zero-order chi connectivity index (χ0) is 17.9. The van der Waals surface area contributed by atoms with E-state index in [1.807, 2.05) is 27.7 Å². The van der Waals surface area contributed by atoms with E-state index in [1.165, 1.54) is 0 Å². The van der Waals surface area contributed by atoms with Gasteiger partial charge in [0.15, 0.2) is 0 Å². The third-order valence-corrected chi connectivity index (χ3v) is 5.11. The van der Waals surface area contributed by atoms with Gasteiger partial charge < -0.3 is 10.2 Å². The molecule has 0 heterocycles. The van der Waals surface area contributed by atoms with E-state index in [1.54, 1.807) is 0 Å². The second-order valence-corrected chi connectivity index (χ2v) is 7.26. The van der Waals surface area contributed by atoms with E-state index >= 15 is 0 Å². The van der Waals surface area contributed by atoms with Crippen LogP contribution in [0.3, 0.4) is 0 Å². The van der Waals surface area contributed by atoms with Crippen LogP contribution in [0.1, 0.15) is 98.3 Å². The molecular formula is C19H36O4. The van der Waals surface area contributed by atoms with Gasteiger partial charge in [-0.15, -0.1) is 0 Å². The average molecular weight is 328 g/mol. The second kappa shape index (κ2) is 10.7. The van der Waals surface area contributed by atoms with Gasteiger partial charge in [-0.2, -0.15) is 0 Å². The van der Waals surface area contributed by atoms with Crippen LogP contribution in [0.5, 0.6) is 0 Å². The van der Waals surface area contributed by atoms with E-state index in [-0.39, 0.29) is 0 Å². The maximum atomic E-state index is 11.7. The van der Waals surface area contributed by atoms with Gasteiger partial charge in [-0.05, 0) is 39.0 Å². The Labute approximate surface area is 141 Å². The van der Waals surface area contributed by atoms with E-state index < -0.39 is 22.8 Å². The van der Waals surface area contributed by atoms with Crippen LogP contribution in [0.15, 0.2) is 0 Å². The lowest BCUT2D eigenvalue weighted by molar-refractivity contribution is -0.150. The van der Waals surface area contributed by atoms with Crippen LogP contribution in [-0.2, 0) is 9.59 Å². The summed E-state index contributed by atoms with van der Waals surface area (Å²) in [4.78, 5) is 23.1. The van der Waals surface area contributed by atoms with Crippen LogP contribution < -0.4 is 0 Å². The molecule has 0 bridgehead atoms. The minimum atomic E-state index is -0.712. The van der Waals surface area contributed by atoms with Crippen LogP contribution in [0.4, 0.5) is 0 Å². The van der Waals surface area contributed by atoms with Gasteiger partial charge in [0.1, 0.15) is 0 Å². The summed E-state index contributed by atoms with van der Waals surface area (Å²) in [6.07, 6.45) is 8.85. The van der Waals surface area contributed by atoms with Crippen molar-refractivity contribution in [2.24, 2.45) is 10.8 Å². The van der Waals surface area contributed by atoms with Gasteiger partial charge in [0.2, 0.25) is 0 Å². The Morgan fingerprint density at radius 2 is 1.17 bits per heavy atom. The summed E-state index contributed by atoms with van der Waals surface area (Å²) < 4.78 is 0. The highest BCUT2D eigenvalue weighted by atomic mass is 16.4. The predicted molar refractivity (Wildman–Crippen MR) is 93.6 cm³/mol. The number of aliphatic carboxylic acids is 2. The Bertz CT molecular complexity index is 358. The molecule has 0 aliphatic heterocycles. The third kappa shape index (κ3) is 6.92. The van der Waals surface area contributed by atoms with Gasteiger partial charge in [0.25, 0.3) is 0 Å². The van der Waals surface area contributed by atoms with Crippen molar-refractivity contribution in [2.75, 3.05) is 0 Å². The van der Waals surface area contributed by atoms with E-state index in [2.05, 4.69) is 0 Å². The number of carboxylic acid groups (broad SMARTS) is 2. The van der Waals surface area contributed by atoms with Gasteiger partial charge in [0.05, 0.1) is 10.8 Å². The first-order chi connectivity index (χ1) is 10.8. The van der Waals surface area contributed by atoms with E-state index in [0.29, 0.717) is 19.3 Å². The topological polar surface area (TPSA) is 74.6 Å². The van der Waals surface area contributed by atoms with E-state index in [0.717, 1.165) is 51.4 Å². The minimum Gasteiger partial charge on any atom is -0.481 e. The van der Waals surface area contributed by atoms with Gasteiger partial charge in [-0.1, -0.05) is 59.3 Å². The molecule has 1 atom stereocenters. The Morgan fingerprint density at radius 1 is 0.696 bits per heavy atom. The Kier molecular flexibility index (Phi) is 10.2. The molecule has 0 aromatic rings. The van der Waals surface area contributed by atoms with E-state index in [9.17, 15) is 19.8 Å². The SMILES string of the molecule is CCCC(C)(CCCCCC(CCC)(CCC)C(=O)O)C(=O)O. The molecule has 0 fully saturated rings. The molecule has 0 saturated carbocycles. The monoisotopic (exact) mass is 328 g/mol. The number of unbranched alkanes of at least 4 members (excludes halogenated alkanes) is 2. The zero-order valence-electron chi connectivity index (χ0n) is 15.5. The zero-order valence-corrected chi connectivity index (χ0v) is 15.5. The molecule has 4 heteroatoms. The highest BCUT2D eigenvalue weighted by Gasteiger charge is 2.36. The molecule has 0 rings (SSSR count). The maximum Gasteiger partial charge on any atom is 0.309 e. The van der Waals surface area contributed by atoms with Gasteiger partial charge in [-0.25, -0.2) is 0 Å². The first kappa shape index (κ1) is 21.9. The van der Waals surface area contributed by atoms with Crippen molar-refractivity contribution >= 4 is 11.9 Å². The summed E-state index contributed by atoms with van der Waals surface area (Å²) in [5.74, 6) is -1.38. The number of hydrogen-bond acceptors (Lipinski definition) is 2. The number of carboxylic acids is 2. The Balaban J connectivity index is 4.45. The Hall–Kier alpha value is -1.06. The first-order valence-electron chi connectivity index (χ1n) is 9.24. The van der Waals surface area contributed by atoms with Crippen molar-refractivity contribution in [3.8, 4) is 0 Å². The highest BCUT2D eigenvalue weighted by molar-refractivity contribution is 5.74. The molecule has 4 nitrogen and oxygen atoms in total. The third-order valence-electron chi connectivity index (χ3n) is 5.11. The Morgan fingerprint density at radius 3 is 1.57 bits per heavy atom. The molecule has 0 aromatic heterocycles. The summed E-state index contributed by atoms with van der Waals surface area (Å²) in [6, 6.07) is 0. The number of carbonyl (C=O) groups is 2. The van der Waals surface area contributed by atoms with Crippen molar-refractivity contribution in [1.29, 1.82) is 0 Å². The molecule has 2 N–H and O–H groups in total. The normalized spacial score (nSPS) is 14.4. The summed E-state index contributed by atoms with van der Waals surface area (Å²) in [5, 5.41) is 19.0. The van der Waals surface area contributed by atoms with Crippen molar-refractivity contribution in [1.82, 2.24) is 0 Å². The van der Waals surface area contributed by atoms with Crippen LogP contribution in [0.25, 0.3) is 0 Å². The van der Waals surface area contributed by atoms with Crippen molar-refractivity contribution in [3.63, 3.8) is 0 Å². The smallest absolute Gasteiger partial charge is 0.309 e. The maximum absolute atomic E-state index is 11.7. The van der Waals surface area contributed by atoms with Crippen LogP contribution in [0.2, 0.25) is 0 Å². The summed E-state index contributed by atoms with van der Waals surface area (Å²) in [6.45, 7) is 7.92. The quantitative estimate of drug-likeness (QED) is 0.413. The minimum absolute atomic E-state index is 0.580. The lowest BCUT2D eigenvalue weighted by Crippen LogP contribution is -2.31. The van der Waals surface area contributed by atoms with Crippen LogP contribution >= 0.6 is 0 Å². The molecular weight excluding hydrogens is 292 g/mol. The molecule has 0 aliphatic rings. The highest BCUT2D eigenvalue weighted by Crippen LogP contribution is 2.37. The second-order valence-electron chi connectivity index (χ2n) is 7.26. The molecule has 0 amide bonds. The fourth-order valence-electron chi connectivity index (χ4n) is 3.70. The number of rotatable bonds is 14. The summed E-state index contributed by atoms with van der Waals surface area (Å²) in [7, 11) is 0. The molecule has 0 aromatic carbocycles. The predicted octanol–water partition coefficient (Wildman–Crippen LogP) is 5.50. The fourth-order valence-corrected chi connectivity index (χ4v) is 3.70. The van der Waals surface area contributed by atoms with Gasteiger partial charge >= 0.3 is 11.9 Å². The van der Waals surface area contributed by atoms with Crippen molar-refractivity contribution < 1.29 is 19.8 Å². The van der Waals surface area contributed by atoms with E-state index in [4.69, 9.17) is 0 Å². The molecule has 0 aliphatic carbocycles. The molecule has 0 saturated heterocycles. The lowest BCUT2D eigenvalue weighted by atomic mass is 9.74. The fraction of sp³-hybridized carbons (Fsp3) is 0.895. The standard InChI is InChI=1S/C19H36O4/c1-5-11-18(4,16(20)21)14-9-8-10-15-19(12-6-2,13-7-3)17(22)23/h5-15H2,1-4H3,(H,20,21)(H,22,23). The van der Waals surface area contributed by atoms with Crippen LogP contribution in [-0.4, -0.2) is 22.2 Å². The van der Waals surface area contributed by atoms with Crippen molar-refractivity contribution in [2.45, 2.75) is 98.3 Å². The molecule has 0 spiro atoms. The van der Waals surface area contributed by atoms with Gasteiger partial charge in [-0.3, -0.25) is 9.59 Å². The number of hydrogen-bond donors (Lipinski definition) is 2. The average Bonchev–Trinajstić information content (AvgIpc) is 2.47.